The molecule has 1 aromatic heterocycles. The molecule has 1 aromatic carbocycles. The van der Waals surface area contributed by atoms with Crippen molar-refractivity contribution >= 4 is 44.1 Å². The molecule has 1 aliphatic carbocycles. The lowest BCUT2D eigenvalue weighted by molar-refractivity contribution is -0.142. The Morgan fingerprint density at radius 2 is 1.74 bits per heavy atom. The summed E-state index contributed by atoms with van der Waals surface area (Å²) >= 11 is 1.16. The van der Waals surface area contributed by atoms with Crippen LogP contribution < -0.4 is 16.0 Å². The zero-order valence-electron chi connectivity index (χ0n) is 30.4. The number of ether oxygens (including phenoxy) is 1. The van der Waals surface area contributed by atoms with Gasteiger partial charge in [0, 0.05) is 37.2 Å². The van der Waals surface area contributed by atoms with Gasteiger partial charge in [-0.05, 0) is 71.3 Å². The minimum atomic E-state index is -3.79. The fraction of sp³-hybridized carbons (Fsp3) is 0.667. The van der Waals surface area contributed by atoms with E-state index in [0.717, 1.165) is 55.3 Å². The van der Waals surface area contributed by atoms with Crippen molar-refractivity contribution in [2.45, 2.75) is 121 Å². The van der Waals surface area contributed by atoms with Gasteiger partial charge in [0.2, 0.25) is 11.8 Å². The number of anilines is 1. The van der Waals surface area contributed by atoms with Gasteiger partial charge in [0.1, 0.15) is 12.6 Å². The SMILES string of the molecule is CC(=O)OCc1csc(N[C@H](C(=O)NC(Cc2ccccc2)C(O)CN2C[C@H]3CCCC[C@H]3CC2C(=O)NC(C)(C)C)C(C)(C)S(C)(=O)=O)n1. The zero-order chi connectivity index (χ0) is 36.9. The average molecular weight is 734 g/mol. The lowest BCUT2D eigenvalue weighted by atomic mass is 9.72. The largest absolute Gasteiger partial charge is 0.459 e. The first-order valence-corrected chi connectivity index (χ1v) is 20.2. The average Bonchev–Trinajstić information content (AvgIpc) is 3.48. The molecular formula is C36H55N5O7S2. The molecule has 0 bridgehead atoms. The zero-order valence-corrected chi connectivity index (χ0v) is 32.0. The number of aromatic nitrogens is 1. The number of aliphatic hydroxyl groups excluding tert-OH is 1. The minimum absolute atomic E-state index is 0.0575. The molecular weight excluding hydrogens is 679 g/mol. The van der Waals surface area contributed by atoms with Crippen LogP contribution in [0.4, 0.5) is 5.13 Å². The number of thiazole rings is 1. The predicted octanol–water partition coefficient (Wildman–Crippen LogP) is 3.69. The number of nitrogens with one attached hydrogen (secondary N) is 3. The highest BCUT2D eigenvalue weighted by molar-refractivity contribution is 7.92. The van der Waals surface area contributed by atoms with E-state index >= 15 is 0 Å². The summed E-state index contributed by atoms with van der Waals surface area (Å²) in [4.78, 5) is 45.7. The molecule has 2 aromatic rings. The molecule has 2 aliphatic rings. The van der Waals surface area contributed by atoms with Crippen LogP contribution in [0.3, 0.4) is 0 Å². The topological polar surface area (TPSA) is 167 Å². The molecule has 1 aliphatic heterocycles. The van der Waals surface area contributed by atoms with E-state index in [4.69, 9.17) is 4.74 Å². The summed E-state index contributed by atoms with van der Waals surface area (Å²) in [5, 5.41) is 23.1. The molecule has 0 spiro atoms. The number of carbonyl (C=O) groups is 3. The molecule has 2 heterocycles. The second-order valence-electron chi connectivity index (χ2n) is 15.5. The first kappa shape index (κ1) is 39.7. The molecule has 4 N–H and O–H groups in total. The van der Waals surface area contributed by atoms with E-state index in [2.05, 4.69) is 25.8 Å². The van der Waals surface area contributed by atoms with Crippen LogP contribution in [-0.2, 0) is 42.0 Å². The molecule has 1 saturated heterocycles. The van der Waals surface area contributed by atoms with Gasteiger partial charge in [-0.2, -0.15) is 0 Å². The number of nitrogens with zero attached hydrogens (tertiary/aromatic N) is 2. The Kier molecular flexibility index (Phi) is 13.1. The van der Waals surface area contributed by atoms with Crippen LogP contribution in [0.2, 0.25) is 0 Å². The van der Waals surface area contributed by atoms with Crippen molar-refractivity contribution in [1.82, 2.24) is 20.5 Å². The van der Waals surface area contributed by atoms with Gasteiger partial charge in [0.05, 0.1) is 28.6 Å². The number of benzene rings is 1. The number of amides is 2. The Balaban J connectivity index is 1.61. The van der Waals surface area contributed by atoms with Crippen LogP contribution in [-0.4, -0.2) is 95.1 Å². The number of hydrogen-bond acceptors (Lipinski definition) is 11. The highest BCUT2D eigenvalue weighted by atomic mass is 32.2. The monoisotopic (exact) mass is 733 g/mol. The van der Waals surface area contributed by atoms with Crippen molar-refractivity contribution in [3.05, 3.63) is 47.0 Å². The fourth-order valence-electron chi connectivity index (χ4n) is 6.92. The van der Waals surface area contributed by atoms with Gasteiger partial charge in [-0.1, -0.05) is 49.6 Å². The maximum Gasteiger partial charge on any atom is 0.303 e. The van der Waals surface area contributed by atoms with E-state index in [-0.39, 0.29) is 30.6 Å². The summed E-state index contributed by atoms with van der Waals surface area (Å²) < 4.78 is 29.6. The number of piperidine rings is 1. The van der Waals surface area contributed by atoms with Crippen molar-refractivity contribution in [3.63, 3.8) is 0 Å². The minimum Gasteiger partial charge on any atom is -0.459 e. The number of rotatable bonds is 14. The smallest absolute Gasteiger partial charge is 0.303 e. The Labute approximate surface area is 301 Å². The van der Waals surface area contributed by atoms with Crippen molar-refractivity contribution < 1.29 is 32.6 Å². The second kappa shape index (κ2) is 16.5. The van der Waals surface area contributed by atoms with Crippen LogP contribution in [0.15, 0.2) is 35.7 Å². The van der Waals surface area contributed by atoms with Crippen molar-refractivity contribution in [2.24, 2.45) is 11.8 Å². The first-order valence-electron chi connectivity index (χ1n) is 17.5. The lowest BCUT2D eigenvalue weighted by Crippen LogP contribution is -2.62. The number of β-amino-alcohol motifs (C(OH)–C–C–N with tert-alkyl or cyclic N) is 1. The van der Waals surface area contributed by atoms with Crippen LogP contribution in [0, 0.1) is 11.8 Å². The van der Waals surface area contributed by atoms with Gasteiger partial charge in [-0.25, -0.2) is 13.4 Å². The van der Waals surface area contributed by atoms with Gasteiger partial charge in [0.25, 0.3) is 0 Å². The summed E-state index contributed by atoms with van der Waals surface area (Å²) in [6.45, 7) is 10.9. The Hall–Kier alpha value is -3.07. The number of aliphatic hydroxyl groups is 1. The number of carbonyl (C=O) groups excluding carboxylic acids is 3. The summed E-state index contributed by atoms with van der Waals surface area (Å²) in [6.07, 6.45) is 5.50. The molecule has 12 nitrogen and oxygen atoms in total. The highest BCUT2D eigenvalue weighted by Gasteiger charge is 2.46. The predicted molar refractivity (Wildman–Crippen MR) is 195 cm³/mol. The lowest BCUT2D eigenvalue weighted by Gasteiger charge is -2.47. The maximum atomic E-state index is 14.3. The molecule has 6 atom stereocenters. The summed E-state index contributed by atoms with van der Waals surface area (Å²) in [7, 11) is -3.79. The van der Waals surface area contributed by atoms with E-state index in [1.54, 1.807) is 5.38 Å². The first-order chi connectivity index (χ1) is 23.3. The van der Waals surface area contributed by atoms with Crippen LogP contribution in [0.5, 0.6) is 0 Å². The van der Waals surface area contributed by atoms with Gasteiger partial charge < -0.3 is 25.8 Å². The van der Waals surface area contributed by atoms with Gasteiger partial charge in [-0.15, -0.1) is 11.3 Å². The summed E-state index contributed by atoms with van der Waals surface area (Å²) in [5.74, 6) is -0.253. The Morgan fingerprint density at radius 3 is 2.36 bits per heavy atom. The van der Waals surface area contributed by atoms with E-state index in [0.29, 0.717) is 24.1 Å². The van der Waals surface area contributed by atoms with E-state index in [1.165, 1.54) is 20.8 Å². The van der Waals surface area contributed by atoms with Gasteiger partial charge in [-0.3, -0.25) is 19.3 Å². The molecule has 278 valence electrons. The molecule has 50 heavy (non-hydrogen) atoms. The van der Waals surface area contributed by atoms with Gasteiger partial charge in [0.15, 0.2) is 15.0 Å². The third kappa shape index (κ3) is 10.7. The van der Waals surface area contributed by atoms with Crippen molar-refractivity contribution in [1.29, 1.82) is 0 Å². The molecule has 14 heteroatoms. The van der Waals surface area contributed by atoms with E-state index in [1.807, 2.05) is 51.1 Å². The molecule has 4 rings (SSSR count). The Bertz CT molecular complexity index is 1570. The summed E-state index contributed by atoms with van der Waals surface area (Å²) in [5.41, 5.74) is 0.918. The van der Waals surface area contributed by atoms with Gasteiger partial charge >= 0.3 is 5.97 Å². The normalized spacial score (nSPS) is 22.0. The molecule has 3 unspecified atom stereocenters. The third-order valence-corrected chi connectivity index (χ3v) is 12.9. The Morgan fingerprint density at radius 1 is 1.08 bits per heavy atom. The quantitative estimate of drug-likeness (QED) is 0.210. The van der Waals surface area contributed by atoms with Crippen molar-refractivity contribution in [2.75, 3.05) is 24.7 Å². The van der Waals surface area contributed by atoms with Crippen molar-refractivity contribution in [3.8, 4) is 0 Å². The van der Waals surface area contributed by atoms with E-state index < -0.39 is 56.2 Å². The number of likely N-dealkylation sites (tertiary alicyclic amines) is 1. The second-order valence-corrected chi connectivity index (χ2v) is 19.0. The molecule has 1 saturated carbocycles. The molecule has 2 fully saturated rings. The fourth-order valence-corrected chi connectivity index (χ4v) is 8.24. The van der Waals surface area contributed by atoms with E-state index in [9.17, 15) is 27.9 Å². The summed E-state index contributed by atoms with van der Waals surface area (Å²) in [6, 6.07) is 6.96. The standard InChI is InChI=1S/C36H55N5O7S2/c1-23(42)48-21-27-22-49-34(37-27)39-31(36(5,6)50(7,46)47)33(45)38-28(17-24-13-9-8-10-14-24)30(43)20-41-19-26-16-12-11-15-25(26)18-29(41)32(44)40-35(2,3)4/h8-10,13-14,22,25-26,28-31,43H,11-12,15-21H2,1-7H3,(H,37,39)(H,38,45)(H,40,44)/t25-,26+,28?,29?,30?,31+/m0/s1. The third-order valence-electron chi connectivity index (χ3n) is 9.97. The number of hydrogen-bond donors (Lipinski definition) is 4. The van der Waals surface area contributed by atoms with Crippen LogP contribution >= 0.6 is 11.3 Å². The number of fused-ring (bicyclic) bond motifs is 1. The van der Waals surface area contributed by atoms with Crippen LogP contribution in [0.25, 0.3) is 0 Å². The molecule has 2 amide bonds. The maximum absolute atomic E-state index is 14.3. The molecule has 0 radical (unpaired) electrons. The van der Waals surface area contributed by atoms with Crippen LogP contribution in [0.1, 0.15) is 84.9 Å². The number of esters is 1. The number of sulfone groups is 1. The highest BCUT2D eigenvalue weighted by Crippen LogP contribution is 2.39.